The van der Waals surface area contributed by atoms with Crippen LogP contribution in [0.3, 0.4) is 0 Å². The molecule has 7 heteroatoms. The SMILES string of the molecule is O=c1[nH]c2cc(OCCCN3CCOCC3)ccc2nc1-c1cc2ccccc2[nH]1. The number of ether oxygens (including phenoxy) is 2. The van der Waals surface area contributed by atoms with Crippen molar-refractivity contribution in [2.24, 2.45) is 0 Å². The van der Waals surface area contributed by atoms with Gasteiger partial charge in [0.2, 0.25) is 0 Å². The van der Waals surface area contributed by atoms with Gasteiger partial charge in [-0.05, 0) is 30.7 Å². The first-order valence-corrected chi connectivity index (χ1v) is 10.3. The van der Waals surface area contributed by atoms with E-state index in [1.807, 2.05) is 48.5 Å². The maximum Gasteiger partial charge on any atom is 0.276 e. The van der Waals surface area contributed by atoms with Crippen molar-refractivity contribution in [2.75, 3.05) is 39.5 Å². The van der Waals surface area contributed by atoms with Crippen molar-refractivity contribution in [3.05, 3.63) is 58.9 Å². The number of hydrogen-bond acceptors (Lipinski definition) is 5. The molecule has 1 aliphatic rings. The van der Waals surface area contributed by atoms with E-state index in [0.717, 1.165) is 61.4 Å². The molecule has 4 aromatic rings. The number of hydrogen-bond donors (Lipinski definition) is 2. The molecule has 5 rings (SSSR count). The Balaban J connectivity index is 1.30. The van der Waals surface area contributed by atoms with E-state index in [-0.39, 0.29) is 5.56 Å². The summed E-state index contributed by atoms with van der Waals surface area (Å²) in [7, 11) is 0. The van der Waals surface area contributed by atoms with Crippen LogP contribution in [0.15, 0.2) is 53.3 Å². The minimum Gasteiger partial charge on any atom is -0.493 e. The Kier molecular flexibility index (Phi) is 5.21. The first-order chi connectivity index (χ1) is 14.8. The fourth-order valence-electron chi connectivity index (χ4n) is 3.84. The van der Waals surface area contributed by atoms with Crippen molar-refractivity contribution in [3.63, 3.8) is 0 Å². The van der Waals surface area contributed by atoms with Crippen LogP contribution in [0.1, 0.15) is 6.42 Å². The van der Waals surface area contributed by atoms with Crippen LogP contribution in [0, 0.1) is 0 Å². The summed E-state index contributed by atoms with van der Waals surface area (Å²) in [6, 6.07) is 15.5. The summed E-state index contributed by atoms with van der Waals surface area (Å²) in [6.07, 6.45) is 0.951. The summed E-state index contributed by atoms with van der Waals surface area (Å²) in [6.45, 7) is 5.23. The van der Waals surface area contributed by atoms with Gasteiger partial charge in [0.15, 0.2) is 5.69 Å². The Hall–Kier alpha value is -3.16. The van der Waals surface area contributed by atoms with Crippen molar-refractivity contribution >= 4 is 21.9 Å². The third kappa shape index (κ3) is 3.94. The molecule has 1 fully saturated rings. The van der Waals surface area contributed by atoms with E-state index in [0.29, 0.717) is 23.5 Å². The molecule has 0 amide bonds. The van der Waals surface area contributed by atoms with Gasteiger partial charge in [-0.15, -0.1) is 0 Å². The molecule has 30 heavy (non-hydrogen) atoms. The number of fused-ring (bicyclic) bond motifs is 2. The van der Waals surface area contributed by atoms with Crippen molar-refractivity contribution in [1.82, 2.24) is 19.9 Å². The molecular weight excluding hydrogens is 380 g/mol. The highest BCUT2D eigenvalue weighted by molar-refractivity contribution is 5.86. The lowest BCUT2D eigenvalue weighted by Crippen LogP contribution is -2.37. The lowest BCUT2D eigenvalue weighted by Gasteiger charge is -2.26. The quantitative estimate of drug-likeness (QED) is 0.482. The first kappa shape index (κ1) is 18.8. The van der Waals surface area contributed by atoms with Gasteiger partial charge in [0.25, 0.3) is 5.56 Å². The van der Waals surface area contributed by atoms with E-state index in [2.05, 4.69) is 19.9 Å². The van der Waals surface area contributed by atoms with Crippen LogP contribution in [0.25, 0.3) is 33.3 Å². The zero-order chi connectivity index (χ0) is 20.3. The molecule has 0 atom stereocenters. The highest BCUT2D eigenvalue weighted by Gasteiger charge is 2.12. The highest BCUT2D eigenvalue weighted by atomic mass is 16.5. The van der Waals surface area contributed by atoms with Crippen LogP contribution in [-0.4, -0.2) is 59.3 Å². The van der Waals surface area contributed by atoms with Gasteiger partial charge in [-0.3, -0.25) is 9.69 Å². The molecule has 3 heterocycles. The fourth-order valence-corrected chi connectivity index (χ4v) is 3.84. The second kappa shape index (κ2) is 8.30. The van der Waals surface area contributed by atoms with Crippen molar-refractivity contribution in [3.8, 4) is 17.1 Å². The predicted molar refractivity (Wildman–Crippen MR) is 117 cm³/mol. The van der Waals surface area contributed by atoms with Crippen LogP contribution in [-0.2, 0) is 4.74 Å². The predicted octanol–water partition coefficient (Wildman–Crippen LogP) is 3.17. The number of benzene rings is 2. The number of para-hydroxylation sites is 1. The number of morpholine rings is 1. The Bertz CT molecular complexity index is 1190. The number of rotatable bonds is 6. The Morgan fingerprint density at radius 3 is 2.77 bits per heavy atom. The molecule has 2 aromatic heterocycles. The zero-order valence-electron chi connectivity index (χ0n) is 16.7. The van der Waals surface area contributed by atoms with Gasteiger partial charge in [-0.2, -0.15) is 0 Å². The molecule has 0 unspecified atom stereocenters. The van der Waals surface area contributed by atoms with E-state index in [1.165, 1.54) is 0 Å². The van der Waals surface area contributed by atoms with Gasteiger partial charge >= 0.3 is 0 Å². The Morgan fingerprint density at radius 1 is 1.03 bits per heavy atom. The summed E-state index contributed by atoms with van der Waals surface area (Å²) < 4.78 is 11.3. The molecule has 0 saturated carbocycles. The third-order valence-electron chi connectivity index (χ3n) is 5.44. The standard InChI is InChI=1S/C23H24N4O3/c28-23-22(21-14-16-4-1-2-5-18(16)24-21)25-19-7-6-17(15-20(19)26-23)30-11-3-8-27-9-12-29-13-10-27/h1-2,4-7,14-15,24H,3,8-13H2,(H,26,28). The molecule has 1 aliphatic heterocycles. The summed E-state index contributed by atoms with van der Waals surface area (Å²) in [5.74, 6) is 0.736. The van der Waals surface area contributed by atoms with E-state index >= 15 is 0 Å². The van der Waals surface area contributed by atoms with Crippen LogP contribution >= 0.6 is 0 Å². The largest absolute Gasteiger partial charge is 0.493 e. The smallest absolute Gasteiger partial charge is 0.276 e. The average Bonchev–Trinajstić information content (AvgIpc) is 3.21. The van der Waals surface area contributed by atoms with Gasteiger partial charge in [0.05, 0.1) is 36.5 Å². The van der Waals surface area contributed by atoms with Crippen molar-refractivity contribution in [2.45, 2.75) is 6.42 Å². The van der Waals surface area contributed by atoms with Crippen molar-refractivity contribution < 1.29 is 9.47 Å². The number of aromatic amines is 2. The molecular formula is C23H24N4O3. The molecule has 0 radical (unpaired) electrons. The topological polar surface area (TPSA) is 83.2 Å². The van der Waals surface area contributed by atoms with E-state index in [9.17, 15) is 4.79 Å². The molecule has 0 spiro atoms. The number of H-pyrrole nitrogens is 2. The lowest BCUT2D eigenvalue weighted by molar-refractivity contribution is 0.0358. The summed E-state index contributed by atoms with van der Waals surface area (Å²) in [5.41, 5.74) is 3.25. The summed E-state index contributed by atoms with van der Waals surface area (Å²) >= 11 is 0. The number of aromatic nitrogens is 3. The normalized spacial score (nSPS) is 15.1. The van der Waals surface area contributed by atoms with Crippen LogP contribution in [0.5, 0.6) is 5.75 Å². The first-order valence-electron chi connectivity index (χ1n) is 10.3. The number of nitrogens with zero attached hydrogens (tertiary/aromatic N) is 2. The molecule has 0 bridgehead atoms. The van der Waals surface area contributed by atoms with Crippen LogP contribution < -0.4 is 10.3 Å². The van der Waals surface area contributed by atoms with Gasteiger partial charge in [-0.25, -0.2) is 4.98 Å². The van der Waals surface area contributed by atoms with E-state index < -0.39 is 0 Å². The molecule has 2 N–H and O–H groups in total. The summed E-state index contributed by atoms with van der Waals surface area (Å²) in [5, 5.41) is 1.05. The maximum absolute atomic E-state index is 12.7. The molecule has 1 saturated heterocycles. The monoisotopic (exact) mass is 404 g/mol. The Morgan fingerprint density at radius 2 is 1.90 bits per heavy atom. The van der Waals surface area contributed by atoms with Gasteiger partial charge in [-0.1, -0.05) is 18.2 Å². The maximum atomic E-state index is 12.7. The second-order valence-corrected chi connectivity index (χ2v) is 7.52. The third-order valence-corrected chi connectivity index (χ3v) is 5.44. The fraction of sp³-hybridized carbons (Fsp3) is 0.304. The van der Waals surface area contributed by atoms with Gasteiger partial charge in [0.1, 0.15) is 5.75 Å². The zero-order valence-corrected chi connectivity index (χ0v) is 16.7. The van der Waals surface area contributed by atoms with Crippen LogP contribution in [0.4, 0.5) is 0 Å². The minimum atomic E-state index is -0.224. The average molecular weight is 404 g/mol. The van der Waals surface area contributed by atoms with Gasteiger partial charge < -0.3 is 19.4 Å². The van der Waals surface area contributed by atoms with Gasteiger partial charge in [0, 0.05) is 36.6 Å². The molecule has 0 aliphatic carbocycles. The lowest BCUT2D eigenvalue weighted by atomic mass is 10.2. The Labute approximate surface area is 173 Å². The van der Waals surface area contributed by atoms with E-state index in [1.54, 1.807) is 0 Å². The van der Waals surface area contributed by atoms with Crippen LogP contribution in [0.2, 0.25) is 0 Å². The molecule has 2 aromatic carbocycles. The summed E-state index contributed by atoms with van der Waals surface area (Å²) in [4.78, 5) is 25.9. The highest BCUT2D eigenvalue weighted by Crippen LogP contribution is 2.23. The van der Waals surface area contributed by atoms with Crippen molar-refractivity contribution in [1.29, 1.82) is 0 Å². The molecule has 154 valence electrons. The second-order valence-electron chi connectivity index (χ2n) is 7.52. The molecule has 7 nitrogen and oxygen atoms in total. The minimum absolute atomic E-state index is 0.224. The van der Waals surface area contributed by atoms with E-state index in [4.69, 9.17) is 9.47 Å². The number of nitrogens with one attached hydrogen (secondary N) is 2.